The minimum atomic E-state index is -0.586. The lowest BCUT2D eigenvalue weighted by atomic mass is 10.2. The summed E-state index contributed by atoms with van der Waals surface area (Å²) in [5.41, 5.74) is 0.592. The standard InChI is InChI=1S/C17H13F2IN2O2/c18-12-8-10(3-5-14(12)20)17(24)21-11-4-6-15(13(19)9-11)22-7-1-2-16(22)23/h3-6,8-9H,1-2,7H2,(H,21,24). The van der Waals surface area contributed by atoms with Crippen molar-refractivity contribution in [2.24, 2.45) is 0 Å². The molecule has 1 aliphatic rings. The molecular formula is C17H13F2IN2O2. The Balaban J connectivity index is 1.78. The number of carbonyl (C=O) groups is 2. The number of nitrogens with zero attached hydrogens (tertiary/aromatic N) is 1. The first-order chi connectivity index (χ1) is 11.5. The molecule has 0 radical (unpaired) electrons. The first-order valence-corrected chi connectivity index (χ1v) is 8.40. The van der Waals surface area contributed by atoms with Crippen molar-refractivity contribution in [3.8, 4) is 0 Å². The van der Waals surface area contributed by atoms with E-state index in [1.54, 1.807) is 0 Å². The molecule has 2 amide bonds. The van der Waals surface area contributed by atoms with E-state index in [4.69, 9.17) is 0 Å². The quantitative estimate of drug-likeness (QED) is 0.733. The first-order valence-electron chi connectivity index (χ1n) is 7.32. The van der Waals surface area contributed by atoms with Gasteiger partial charge in [0.1, 0.15) is 11.6 Å². The van der Waals surface area contributed by atoms with E-state index in [1.807, 2.05) is 22.6 Å². The van der Waals surface area contributed by atoms with Crippen molar-refractivity contribution in [3.05, 3.63) is 57.2 Å². The number of benzene rings is 2. The minimum Gasteiger partial charge on any atom is -0.322 e. The molecule has 0 aliphatic carbocycles. The molecule has 0 spiro atoms. The van der Waals surface area contributed by atoms with Crippen LogP contribution in [0.1, 0.15) is 23.2 Å². The van der Waals surface area contributed by atoms with E-state index in [-0.39, 0.29) is 22.8 Å². The number of rotatable bonds is 3. The molecule has 0 saturated carbocycles. The summed E-state index contributed by atoms with van der Waals surface area (Å²) in [6.45, 7) is 0.489. The third-order valence-electron chi connectivity index (χ3n) is 3.75. The van der Waals surface area contributed by atoms with Gasteiger partial charge in [-0.1, -0.05) is 0 Å². The summed E-state index contributed by atoms with van der Waals surface area (Å²) in [4.78, 5) is 25.2. The smallest absolute Gasteiger partial charge is 0.255 e. The number of nitrogens with one attached hydrogen (secondary N) is 1. The van der Waals surface area contributed by atoms with Crippen LogP contribution in [-0.4, -0.2) is 18.4 Å². The topological polar surface area (TPSA) is 49.4 Å². The summed E-state index contributed by atoms with van der Waals surface area (Å²) in [5, 5.41) is 2.52. The van der Waals surface area contributed by atoms with Gasteiger partial charge in [-0.3, -0.25) is 9.59 Å². The third-order valence-corrected chi connectivity index (χ3v) is 4.63. The molecule has 4 nitrogen and oxygen atoms in total. The molecule has 0 unspecified atom stereocenters. The average molecular weight is 442 g/mol. The van der Waals surface area contributed by atoms with E-state index in [0.29, 0.717) is 23.0 Å². The number of hydrogen-bond donors (Lipinski definition) is 1. The maximum Gasteiger partial charge on any atom is 0.255 e. The zero-order chi connectivity index (χ0) is 17.3. The van der Waals surface area contributed by atoms with Crippen LogP contribution in [0, 0.1) is 15.2 Å². The van der Waals surface area contributed by atoms with Crippen LogP contribution < -0.4 is 10.2 Å². The van der Waals surface area contributed by atoms with Gasteiger partial charge >= 0.3 is 0 Å². The summed E-state index contributed by atoms with van der Waals surface area (Å²) in [7, 11) is 0. The fraction of sp³-hybridized carbons (Fsp3) is 0.176. The zero-order valence-corrected chi connectivity index (χ0v) is 14.6. The maximum atomic E-state index is 14.2. The number of carbonyl (C=O) groups excluding carboxylic acids is 2. The summed E-state index contributed by atoms with van der Waals surface area (Å²) in [5.74, 6) is -1.72. The van der Waals surface area contributed by atoms with E-state index < -0.39 is 17.5 Å². The van der Waals surface area contributed by atoms with Gasteiger partial charge in [0.25, 0.3) is 5.91 Å². The fourth-order valence-electron chi connectivity index (χ4n) is 2.55. The molecule has 1 N–H and O–H groups in total. The number of anilines is 2. The van der Waals surface area contributed by atoms with Crippen molar-refractivity contribution in [3.63, 3.8) is 0 Å². The van der Waals surface area contributed by atoms with Gasteiger partial charge in [-0.25, -0.2) is 8.78 Å². The molecule has 3 rings (SSSR count). The van der Waals surface area contributed by atoms with E-state index >= 15 is 0 Å². The Kier molecular flexibility index (Phi) is 4.79. The van der Waals surface area contributed by atoms with Crippen LogP contribution in [0.25, 0.3) is 0 Å². The van der Waals surface area contributed by atoms with Gasteiger partial charge in [0.15, 0.2) is 0 Å². The lowest BCUT2D eigenvalue weighted by Crippen LogP contribution is -2.24. The Labute approximate surface area is 151 Å². The second kappa shape index (κ2) is 6.84. The van der Waals surface area contributed by atoms with Crippen LogP contribution in [0.15, 0.2) is 36.4 Å². The van der Waals surface area contributed by atoms with E-state index in [1.165, 1.54) is 29.2 Å². The van der Waals surface area contributed by atoms with Crippen LogP contribution in [0.3, 0.4) is 0 Å². The molecule has 124 valence electrons. The van der Waals surface area contributed by atoms with Gasteiger partial charge < -0.3 is 10.2 Å². The highest BCUT2D eigenvalue weighted by Crippen LogP contribution is 2.27. The highest BCUT2D eigenvalue weighted by Gasteiger charge is 2.24. The average Bonchev–Trinajstić information content (AvgIpc) is 2.96. The minimum absolute atomic E-state index is 0.111. The van der Waals surface area contributed by atoms with Crippen LogP contribution in [0.5, 0.6) is 0 Å². The Morgan fingerprint density at radius 1 is 1.12 bits per heavy atom. The Morgan fingerprint density at radius 3 is 2.54 bits per heavy atom. The molecule has 0 aromatic heterocycles. The van der Waals surface area contributed by atoms with Crippen LogP contribution in [0.2, 0.25) is 0 Å². The second-order valence-corrected chi connectivity index (χ2v) is 6.56. The van der Waals surface area contributed by atoms with Crippen molar-refractivity contribution >= 4 is 45.8 Å². The number of hydrogen-bond acceptors (Lipinski definition) is 2. The molecule has 7 heteroatoms. The molecule has 0 atom stereocenters. The Hall–Kier alpha value is -2.03. The Bertz CT molecular complexity index is 826. The van der Waals surface area contributed by atoms with E-state index in [9.17, 15) is 18.4 Å². The van der Waals surface area contributed by atoms with Crippen molar-refractivity contribution < 1.29 is 18.4 Å². The molecule has 1 fully saturated rings. The summed E-state index contributed by atoms with van der Waals surface area (Å²) in [6.07, 6.45) is 1.12. The molecular weight excluding hydrogens is 429 g/mol. The summed E-state index contributed by atoms with van der Waals surface area (Å²) >= 11 is 1.83. The van der Waals surface area contributed by atoms with Gasteiger partial charge in [0.2, 0.25) is 5.91 Å². The van der Waals surface area contributed by atoms with Gasteiger partial charge in [0, 0.05) is 27.8 Å². The van der Waals surface area contributed by atoms with Crippen LogP contribution in [0.4, 0.5) is 20.2 Å². The zero-order valence-electron chi connectivity index (χ0n) is 12.5. The predicted molar refractivity (Wildman–Crippen MR) is 95.1 cm³/mol. The largest absolute Gasteiger partial charge is 0.322 e. The van der Waals surface area contributed by atoms with Crippen molar-refractivity contribution in [2.75, 3.05) is 16.8 Å². The molecule has 1 aliphatic heterocycles. The first kappa shape index (κ1) is 16.8. The monoisotopic (exact) mass is 442 g/mol. The van der Waals surface area contributed by atoms with Crippen molar-refractivity contribution in [1.29, 1.82) is 0 Å². The highest BCUT2D eigenvalue weighted by molar-refractivity contribution is 14.1. The normalized spacial score (nSPS) is 14.1. The molecule has 2 aromatic carbocycles. The Morgan fingerprint density at radius 2 is 1.92 bits per heavy atom. The summed E-state index contributed by atoms with van der Waals surface area (Å²) in [6, 6.07) is 8.25. The van der Waals surface area contributed by atoms with E-state index in [0.717, 1.165) is 12.1 Å². The maximum absolute atomic E-state index is 14.2. The summed E-state index contributed by atoms with van der Waals surface area (Å²) < 4.78 is 28.2. The molecule has 1 heterocycles. The van der Waals surface area contributed by atoms with Gasteiger partial charge in [0.05, 0.1) is 5.69 Å². The molecule has 0 bridgehead atoms. The third kappa shape index (κ3) is 3.40. The van der Waals surface area contributed by atoms with Gasteiger partial charge in [-0.2, -0.15) is 0 Å². The van der Waals surface area contributed by atoms with E-state index in [2.05, 4.69) is 5.32 Å². The highest BCUT2D eigenvalue weighted by atomic mass is 127. The lowest BCUT2D eigenvalue weighted by Gasteiger charge is -2.17. The number of halogens is 3. The molecule has 2 aromatic rings. The van der Waals surface area contributed by atoms with Crippen molar-refractivity contribution in [1.82, 2.24) is 0 Å². The van der Waals surface area contributed by atoms with Crippen molar-refractivity contribution in [2.45, 2.75) is 12.8 Å². The van der Waals surface area contributed by atoms with Gasteiger partial charge in [-0.15, -0.1) is 0 Å². The van der Waals surface area contributed by atoms with Crippen LogP contribution >= 0.6 is 22.6 Å². The SMILES string of the molecule is O=C(Nc1ccc(N2CCCC2=O)c(F)c1)c1ccc(I)c(F)c1. The fourth-order valence-corrected chi connectivity index (χ4v) is 2.88. The molecule has 24 heavy (non-hydrogen) atoms. The molecule has 1 saturated heterocycles. The lowest BCUT2D eigenvalue weighted by molar-refractivity contribution is -0.117. The second-order valence-electron chi connectivity index (χ2n) is 5.40. The number of amides is 2. The van der Waals surface area contributed by atoms with Gasteiger partial charge in [-0.05, 0) is 65.4 Å². The predicted octanol–water partition coefficient (Wildman–Crippen LogP) is 3.95. The van der Waals surface area contributed by atoms with Crippen LogP contribution in [-0.2, 0) is 4.79 Å².